The quantitative estimate of drug-likeness (QED) is 0.256. The molecule has 138 valence electrons. The van der Waals surface area contributed by atoms with Gasteiger partial charge in [0.05, 0.1) is 16.9 Å². The van der Waals surface area contributed by atoms with Crippen LogP contribution >= 0.6 is 0 Å². The van der Waals surface area contributed by atoms with E-state index in [-0.39, 0.29) is 18.7 Å². The van der Waals surface area contributed by atoms with Gasteiger partial charge in [0.1, 0.15) is 0 Å². The first-order valence-electron chi connectivity index (χ1n) is 6.92. The molecule has 0 atom stereocenters. The molecule has 0 spiro atoms. The van der Waals surface area contributed by atoms with E-state index in [0.717, 1.165) is 18.2 Å². The maximum atomic E-state index is 11.6. The third-order valence-corrected chi connectivity index (χ3v) is 3.83. The van der Waals surface area contributed by atoms with Crippen LogP contribution in [-0.4, -0.2) is 45.5 Å². The van der Waals surface area contributed by atoms with Crippen LogP contribution in [0.15, 0.2) is 23.1 Å². The summed E-state index contributed by atoms with van der Waals surface area (Å²) in [6, 6.07) is 2.83. The van der Waals surface area contributed by atoms with Crippen molar-refractivity contribution < 1.29 is 32.4 Å². The standard InChI is InChI=1S/C13H17N3O8S/c1-23-13(18)3-2-6-15-12(17)8-24-11-5-4-9(25(14,21)22)7-10(11)16(19)20/h4-5,7H,2-3,6,8H2,1H3,(H,15,17)(H2,14,21,22). The number of nitro groups is 1. The maximum Gasteiger partial charge on any atom is 0.312 e. The fourth-order valence-corrected chi connectivity index (χ4v) is 2.23. The van der Waals surface area contributed by atoms with Gasteiger partial charge in [0.2, 0.25) is 10.0 Å². The van der Waals surface area contributed by atoms with E-state index in [1.807, 2.05) is 0 Å². The lowest BCUT2D eigenvalue weighted by Gasteiger charge is -2.08. The highest BCUT2D eigenvalue weighted by Crippen LogP contribution is 2.29. The monoisotopic (exact) mass is 375 g/mol. The van der Waals surface area contributed by atoms with Gasteiger partial charge >= 0.3 is 11.7 Å². The number of rotatable bonds is 9. The second-order valence-electron chi connectivity index (χ2n) is 4.75. The number of hydrogen-bond donors (Lipinski definition) is 2. The zero-order valence-corrected chi connectivity index (χ0v) is 14.1. The summed E-state index contributed by atoms with van der Waals surface area (Å²) in [6.07, 6.45) is 0.500. The highest BCUT2D eigenvalue weighted by molar-refractivity contribution is 7.89. The Labute approximate surface area is 143 Å². The van der Waals surface area contributed by atoms with Crippen molar-refractivity contribution in [3.63, 3.8) is 0 Å². The Morgan fingerprint density at radius 1 is 1.36 bits per heavy atom. The van der Waals surface area contributed by atoms with E-state index in [2.05, 4.69) is 10.1 Å². The first-order chi connectivity index (χ1) is 11.6. The minimum Gasteiger partial charge on any atom is -0.477 e. The van der Waals surface area contributed by atoms with Crippen LogP contribution in [0.5, 0.6) is 5.75 Å². The van der Waals surface area contributed by atoms with Gasteiger partial charge in [-0.3, -0.25) is 19.7 Å². The summed E-state index contributed by atoms with van der Waals surface area (Å²) in [6.45, 7) is -0.322. The molecule has 11 nitrogen and oxygen atoms in total. The fourth-order valence-electron chi connectivity index (χ4n) is 1.70. The van der Waals surface area contributed by atoms with Crippen LogP contribution in [0.3, 0.4) is 0 Å². The molecule has 25 heavy (non-hydrogen) atoms. The largest absolute Gasteiger partial charge is 0.477 e. The van der Waals surface area contributed by atoms with Crippen LogP contribution in [0.25, 0.3) is 0 Å². The molecule has 1 rings (SSSR count). The molecule has 0 aliphatic heterocycles. The molecule has 0 saturated heterocycles. The predicted molar refractivity (Wildman–Crippen MR) is 84.2 cm³/mol. The number of nitrogens with two attached hydrogens (primary N) is 1. The Balaban J connectivity index is 2.63. The number of nitro benzene ring substituents is 1. The van der Waals surface area contributed by atoms with Gasteiger partial charge in [-0.25, -0.2) is 13.6 Å². The van der Waals surface area contributed by atoms with Gasteiger partial charge in [-0.15, -0.1) is 0 Å². The minimum atomic E-state index is -4.11. The lowest BCUT2D eigenvalue weighted by atomic mass is 10.3. The van der Waals surface area contributed by atoms with E-state index in [0.29, 0.717) is 6.42 Å². The number of benzene rings is 1. The first kappa shape index (κ1) is 20.3. The number of amides is 1. The summed E-state index contributed by atoms with van der Waals surface area (Å²) in [4.78, 5) is 32.2. The van der Waals surface area contributed by atoms with Crippen molar-refractivity contribution in [2.45, 2.75) is 17.7 Å². The van der Waals surface area contributed by atoms with Crippen LogP contribution in [0.1, 0.15) is 12.8 Å². The summed E-state index contributed by atoms with van der Waals surface area (Å²) in [5.41, 5.74) is -0.634. The molecule has 0 radical (unpaired) electrons. The summed E-state index contributed by atoms with van der Waals surface area (Å²) >= 11 is 0. The average Bonchev–Trinajstić information content (AvgIpc) is 2.55. The van der Waals surface area contributed by atoms with Crippen molar-refractivity contribution >= 4 is 27.6 Å². The second-order valence-corrected chi connectivity index (χ2v) is 6.31. The summed E-state index contributed by atoms with van der Waals surface area (Å²) in [5, 5.41) is 18.4. The number of carbonyl (C=O) groups excluding carboxylic acids is 2. The number of ether oxygens (including phenoxy) is 2. The molecular formula is C13H17N3O8S. The van der Waals surface area contributed by atoms with Crippen molar-refractivity contribution in [1.82, 2.24) is 5.32 Å². The molecule has 3 N–H and O–H groups in total. The van der Waals surface area contributed by atoms with E-state index >= 15 is 0 Å². The van der Waals surface area contributed by atoms with Crippen molar-refractivity contribution in [2.24, 2.45) is 5.14 Å². The Bertz CT molecular complexity index is 763. The van der Waals surface area contributed by atoms with Gasteiger partial charge < -0.3 is 14.8 Å². The summed E-state index contributed by atoms with van der Waals surface area (Å²) in [5.74, 6) is -1.24. The number of sulfonamides is 1. The molecule has 0 heterocycles. The topological polar surface area (TPSA) is 168 Å². The van der Waals surface area contributed by atoms with Crippen LogP contribution in [0.2, 0.25) is 0 Å². The summed E-state index contributed by atoms with van der Waals surface area (Å²) < 4.78 is 31.9. The van der Waals surface area contributed by atoms with Gasteiger partial charge in [-0.2, -0.15) is 0 Å². The normalized spacial score (nSPS) is 10.8. The number of carbonyl (C=O) groups is 2. The fraction of sp³-hybridized carbons (Fsp3) is 0.385. The van der Waals surface area contributed by atoms with Crippen molar-refractivity contribution in [2.75, 3.05) is 20.3 Å². The number of primary sulfonamides is 1. The Kier molecular flexibility index (Phi) is 7.26. The van der Waals surface area contributed by atoms with Crippen LogP contribution in [0.4, 0.5) is 5.69 Å². The third kappa shape index (κ3) is 6.73. The summed E-state index contributed by atoms with van der Waals surface area (Å²) in [7, 11) is -2.86. The van der Waals surface area contributed by atoms with Crippen LogP contribution in [0, 0.1) is 10.1 Å². The average molecular weight is 375 g/mol. The zero-order chi connectivity index (χ0) is 19.0. The first-order valence-corrected chi connectivity index (χ1v) is 8.47. The number of nitrogens with one attached hydrogen (secondary N) is 1. The van der Waals surface area contributed by atoms with Gasteiger partial charge in [0.15, 0.2) is 12.4 Å². The molecule has 0 aliphatic rings. The Morgan fingerprint density at radius 2 is 2.04 bits per heavy atom. The Morgan fingerprint density at radius 3 is 2.60 bits per heavy atom. The van der Waals surface area contributed by atoms with E-state index in [4.69, 9.17) is 9.88 Å². The van der Waals surface area contributed by atoms with Gasteiger partial charge in [-0.1, -0.05) is 0 Å². The number of nitrogens with zero attached hydrogens (tertiary/aromatic N) is 1. The van der Waals surface area contributed by atoms with E-state index in [1.165, 1.54) is 7.11 Å². The van der Waals surface area contributed by atoms with Crippen LogP contribution < -0.4 is 15.2 Å². The highest BCUT2D eigenvalue weighted by atomic mass is 32.2. The molecule has 1 aromatic carbocycles. The molecule has 0 aromatic heterocycles. The Hall–Kier alpha value is -2.73. The molecule has 0 unspecified atom stereocenters. The highest BCUT2D eigenvalue weighted by Gasteiger charge is 2.20. The molecule has 0 bridgehead atoms. The van der Waals surface area contributed by atoms with Crippen molar-refractivity contribution in [1.29, 1.82) is 0 Å². The molecular weight excluding hydrogens is 358 g/mol. The number of hydrogen-bond acceptors (Lipinski definition) is 8. The molecule has 0 saturated carbocycles. The third-order valence-electron chi connectivity index (χ3n) is 2.92. The smallest absolute Gasteiger partial charge is 0.312 e. The van der Waals surface area contributed by atoms with Gasteiger partial charge in [-0.05, 0) is 18.6 Å². The second kappa shape index (κ2) is 8.94. The van der Waals surface area contributed by atoms with Gasteiger partial charge in [0, 0.05) is 19.0 Å². The minimum absolute atomic E-state index is 0.137. The van der Waals surface area contributed by atoms with E-state index < -0.39 is 44.0 Å². The van der Waals surface area contributed by atoms with Crippen LogP contribution in [-0.2, 0) is 24.3 Å². The molecule has 0 aliphatic carbocycles. The molecule has 0 fully saturated rings. The lowest BCUT2D eigenvalue weighted by Crippen LogP contribution is -2.30. The number of esters is 1. The molecule has 1 aromatic rings. The van der Waals surface area contributed by atoms with Crippen molar-refractivity contribution in [3.05, 3.63) is 28.3 Å². The number of methoxy groups -OCH3 is 1. The van der Waals surface area contributed by atoms with E-state index in [9.17, 15) is 28.1 Å². The van der Waals surface area contributed by atoms with Crippen molar-refractivity contribution in [3.8, 4) is 5.75 Å². The zero-order valence-electron chi connectivity index (χ0n) is 13.3. The van der Waals surface area contributed by atoms with E-state index in [1.54, 1.807) is 0 Å². The SMILES string of the molecule is COC(=O)CCCNC(=O)COc1ccc(S(N)(=O)=O)cc1[N+](=O)[O-]. The lowest BCUT2D eigenvalue weighted by molar-refractivity contribution is -0.386. The predicted octanol–water partition coefficient (Wildman–Crippen LogP) is -0.310. The van der Waals surface area contributed by atoms with Gasteiger partial charge in [0.25, 0.3) is 5.91 Å². The molecule has 12 heteroatoms. The maximum absolute atomic E-state index is 11.6. The molecule has 1 amide bonds.